The third-order valence-electron chi connectivity index (χ3n) is 3.65. The van der Waals surface area contributed by atoms with Crippen molar-refractivity contribution >= 4 is 0 Å². The fourth-order valence-corrected chi connectivity index (χ4v) is 2.72. The first-order chi connectivity index (χ1) is 8.31. The predicted octanol–water partition coefficient (Wildman–Crippen LogP) is 1.58. The zero-order valence-corrected chi connectivity index (χ0v) is 9.75. The average Bonchev–Trinajstić information content (AvgIpc) is 2.40. The smallest absolute Gasteiger partial charge is 0.175 e. The third kappa shape index (κ3) is 1.76. The first-order valence-electron chi connectivity index (χ1n) is 5.89. The highest BCUT2D eigenvalue weighted by Gasteiger charge is 2.57. The molecule has 4 heteroatoms. The predicted molar refractivity (Wildman–Crippen MR) is 61.2 cm³/mol. The second kappa shape index (κ2) is 4.37. The van der Waals surface area contributed by atoms with Crippen molar-refractivity contribution in [3.8, 4) is 0 Å². The number of methoxy groups -OCH3 is 1. The molecule has 3 aliphatic heterocycles. The zero-order valence-electron chi connectivity index (χ0n) is 9.75. The molecule has 17 heavy (non-hydrogen) atoms. The van der Waals surface area contributed by atoms with Gasteiger partial charge >= 0.3 is 0 Å². The summed E-state index contributed by atoms with van der Waals surface area (Å²) in [5.74, 6) is 0. The number of benzene rings is 1. The van der Waals surface area contributed by atoms with Crippen LogP contribution in [0.2, 0.25) is 0 Å². The lowest BCUT2D eigenvalue weighted by atomic mass is 9.87. The van der Waals surface area contributed by atoms with Crippen LogP contribution in [0.4, 0.5) is 4.39 Å². The summed E-state index contributed by atoms with van der Waals surface area (Å²) < 4.78 is 24.4. The Morgan fingerprint density at radius 1 is 1.41 bits per heavy atom. The maximum absolute atomic E-state index is 13.8. The Morgan fingerprint density at radius 3 is 2.82 bits per heavy atom. The van der Waals surface area contributed by atoms with E-state index in [0.717, 1.165) is 6.54 Å². The number of rotatable bonds is 3. The molecule has 92 valence electrons. The normalized spacial score (nSPS) is 36.6. The Bertz CT molecular complexity index is 386. The van der Waals surface area contributed by atoms with Gasteiger partial charge < -0.3 is 9.47 Å². The monoisotopic (exact) mass is 237 g/mol. The van der Waals surface area contributed by atoms with Crippen molar-refractivity contribution in [3.63, 3.8) is 0 Å². The molecule has 0 radical (unpaired) electrons. The molecular formula is C13H16FNO2. The Labute approximate surface area is 100 Å². The molecule has 4 atom stereocenters. The van der Waals surface area contributed by atoms with Gasteiger partial charge in [-0.05, 0) is 5.56 Å². The van der Waals surface area contributed by atoms with Gasteiger partial charge in [-0.15, -0.1) is 0 Å². The molecule has 0 amide bonds. The minimum atomic E-state index is -0.822. The fraction of sp³-hybridized carbons (Fsp3) is 0.538. The number of hydrogen-bond acceptors (Lipinski definition) is 3. The van der Waals surface area contributed by atoms with Crippen molar-refractivity contribution < 1.29 is 13.9 Å². The van der Waals surface area contributed by atoms with E-state index >= 15 is 0 Å². The van der Waals surface area contributed by atoms with E-state index in [4.69, 9.17) is 9.47 Å². The number of nitrogens with zero attached hydrogens (tertiary/aromatic N) is 1. The summed E-state index contributed by atoms with van der Waals surface area (Å²) in [6.45, 7) is 1.18. The van der Waals surface area contributed by atoms with Crippen molar-refractivity contribution in [2.24, 2.45) is 0 Å². The van der Waals surface area contributed by atoms with Gasteiger partial charge in [-0.2, -0.15) is 0 Å². The molecule has 1 aromatic carbocycles. The Hall–Kier alpha value is -0.970. The Kier molecular flexibility index (Phi) is 2.86. The van der Waals surface area contributed by atoms with Crippen LogP contribution in [0, 0.1) is 0 Å². The molecular weight excluding hydrogens is 221 g/mol. The van der Waals surface area contributed by atoms with Crippen LogP contribution in [0.5, 0.6) is 0 Å². The molecule has 0 N–H and O–H groups in total. The maximum Gasteiger partial charge on any atom is 0.175 e. The quantitative estimate of drug-likeness (QED) is 0.796. The number of morpholine rings is 1. The van der Waals surface area contributed by atoms with Crippen LogP contribution in [0.25, 0.3) is 0 Å². The molecule has 3 heterocycles. The molecule has 0 spiro atoms. The van der Waals surface area contributed by atoms with Crippen LogP contribution in [-0.4, -0.2) is 43.2 Å². The Morgan fingerprint density at radius 2 is 2.18 bits per heavy atom. The van der Waals surface area contributed by atoms with E-state index in [2.05, 4.69) is 17.0 Å². The minimum Gasteiger partial charge on any atom is -0.354 e. The summed E-state index contributed by atoms with van der Waals surface area (Å²) in [5.41, 5.74) is 1.20. The van der Waals surface area contributed by atoms with Crippen LogP contribution in [0.15, 0.2) is 30.3 Å². The van der Waals surface area contributed by atoms with Gasteiger partial charge in [-0.3, -0.25) is 4.90 Å². The van der Waals surface area contributed by atoms with Gasteiger partial charge in [-0.1, -0.05) is 30.3 Å². The minimum absolute atomic E-state index is 0.105. The van der Waals surface area contributed by atoms with Crippen molar-refractivity contribution in [2.45, 2.75) is 31.1 Å². The number of fused-ring (bicyclic) bond motifs is 2. The van der Waals surface area contributed by atoms with Crippen LogP contribution < -0.4 is 0 Å². The van der Waals surface area contributed by atoms with Crippen molar-refractivity contribution in [1.29, 1.82) is 0 Å². The lowest BCUT2D eigenvalue weighted by molar-refractivity contribution is -0.291. The van der Waals surface area contributed by atoms with Crippen molar-refractivity contribution in [1.82, 2.24) is 4.90 Å². The number of halogens is 1. The SMILES string of the molecule is CO[C@H]1OC[C@H]2[C@H](F)[C@@H]1N2Cc1ccccc1. The summed E-state index contributed by atoms with van der Waals surface area (Å²) in [6.07, 6.45) is -1.25. The fourth-order valence-electron chi connectivity index (χ4n) is 2.72. The molecule has 0 aromatic heterocycles. The van der Waals surface area contributed by atoms with Gasteiger partial charge in [0.1, 0.15) is 6.17 Å². The first-order valence-corrected chi connectivity index (χ1v) is 5.89. The van der Waals surface area contributed by atoms with Gasteiger partial charge in [0.25, 0.3) is 0 Å². The highest BCUT2D eigenvalue weighted by molar-refractivity contribution is 5.17. The molecule has 0 aliphatic carbocycles. The van der Waals surface area contributed by atoms with E-state index in [-0.39, 0.29) is 12.1 Å². The van der Waals surface area contributed by atoms with Crippen molar-refractivity contribution in [3.05, 3.63) is 35.9 Å². The standard InChI is InChI=1S/C13H16FNO2/c1-16-13-12-11(14)10(8-17-13)15(12)7-9-5-3-2-4-6-9/h2-6,10-13H,7-8H2,1H3/t10-,11-,12-,13-/m0/s1. The lowest BCUT2D eigenvalue weighted by Crippen LogP contribution is -2.75. The molecule has 3 fully saturated rings. The van der Waals surface area contributed by atoms with E-state index < -0.39 is 12.5 Å². The summed E-state index contributed by atoms with van der Waals surface area (Å²) in [6, 6.07) is 9.75. The van der Waals surface area contributed by atoms with E-state index in [1.165, 1.54) is 5.56 Å². The third-order valence-corrected chi connectivity index (χ3v) is 3.65. The van der Waals surface area contributed by atoms with Gasteiger partial charge in [0.15, 0.2) is 6.29 Å². The van der Waals surface area contributed by atoms with Gasteiger partial charge in [-0.25, -0.2) is 4.39 Å². The molecule has 3 aliphatic rings. The second-order valence-electron chi connectivity index (χ2n) is 4.60. The largest absolute Gasteiger partial charge is 0.354 e. The van der Waals surface area contributed by atoms with E-state index in [0.29, 0.717) is 6.61 Å². The highest BCUT2D eigenvalue weighted by atomic mass is 19.1. The second-order valence-corrected chi connectivity index (χ2v) is 4.60. The molecule has 3 saturated heterocycles. The van der Waals surface area contributed by atoms with Crippen LogP contribution >= 0.6 is 0 Å². The summed E-state index contributed by atoms with van der Waals surface area (Å²) in [7, 11) is 1.57. The molecule has 4 rings (SSSR count). The number of alkyl halides is 1. The lowest BCUT2D eigenvalue weighted by Gasteiger charge is -2.57. The molecule has 2 bridgehead atoms. The molecule has 0 unspecified atom stereocenters. The molecule has 1 aromatic rings. The summed E-state index contributed by atoms with van der Waals surface area (Å²) >= 11 is 0. The van der Waals surface area contributed by atoms with Gasteiger partial charge in [0, 0.05) is 13.7 Å². The average molecular weight is 237 g/mol. The summed E-state index contributed by atoms with van der Waals surface area (Å²) in [4.78, 5) is 2.14. The first kappa shape index (κ1) is 11.1. The summed E-state index contributed by atoms with van der Waals surface area (Å²) in [5, 5.41) is 0. The topological polar surface area (TPSA) is 21.7 Å². The molecule has 3 nitrogen and oxygen atoms in total. The van der Waals surface area contributed by atoms with E-state index in [1.54, 1.807) is 7.11 Å². The highest BCUT2D eigenvalue weighted by Crippen LogP contribution is 2.38. The zero-order chi connectivity index (χ0) is 11.8. The number of hydrogen-bond donors (Lipinski definition) is 0. The van der Waals surface area contributed by atoms with Crippen LogP contribution in [0.1, 0.15) is 5.56 Å². The van der Waals surface area contributed by atoms with E-state index in [1.807, 2.05) is 18.2 Å². The Balaban J connectivity index is 1.73. The van der Waals surface area contributed by atoms with Crippen LogP contribution in [0.3, 0.4) is 0 Å². The van der Waals surface area contributed by atoms with Gasteiger partial charge in [0.2, 0.25) is 0 Å². The molecule has 0 saturated carbocycles. The van der Waals surface area contributed by atoms with Gasteiger partial charge in [0.05, 0.1) is 18.7 Å². The maximum atomic E-state index is 13.8. The van der Waals surface area contributed by atoms with E-state index in [9.17, 15) is 4.39 Å². The van der Waals surface area contributed by atoms with Crippen molar-refractivity contribution in [2.75, 3.05) is 13.7 Å². The number of ether oxygens (including phenoxy) is 2. The van der Waals surface area contributed by atoms with Crippen LogP contribution in [-0.2, 0) is 16.0 Å².